The molecule has 0 radical (unpaired) electrons. The molecule has 0 fully saturated rings. The molecular formula is C23H22FN7O2S. The van der Waals surface area contributed by atoms with E-state index in [4.69, 9.17) is 10.5 Å². The molecule has 0 saturated heterocycles. The smallest absolute Gasteiger partial charge is 0.259 e. The first-order chi connectivity index (χ1) is 16.4. The van der Waals surface area contributed by atoms with Crippen molar-refractivity contribution >= 4 is 61.7 Å². The molecular weight excluding hydrogens is 457 g/mol. The average Bonchev–Trinajstić information content (AvgIpc) is 3.32. The van der Waals surface area contributed by atoms with Gasteiger partial charge in [-0.05, 0) is 29.8 Å². The van der Waals surface area contributed by atoms with E-state index in [1.165, 1.54) is 28.8 Å². The second kappa shape index (κ2) is 9.79. The zero-order chi connectivity index (χ0) is 24.2. The van der Waals surface area contributed by atoms with Crippen molar-refractivity contribution in [3.63, 3.8) is 0 Å². The zero-order valence-electron chi connectivity index (χ0n) is 18.7. The van der Waals surface area contributed by atoms with Gasteiger partial charge in [0, 0.05) is 39.1 Å². The Balaban J connectivity index is 1.84. The van der Waals surface area contributed by atoms with Crippen molar-refractivity contribution in [3.05, 3.63) is 53.7 Å². The second-order valence-corrected chi connectivity index (χ2v) is 8.28. The summed E-state index contributed by atoms with van der Waals surface area (Å²) in [5.74, 6) is 0.0143. The first-order valence-electron chi connectivity index (χ1n) is 10.2. The molecule has 0 aliphatic carbocycles. The monoisotopic (exact) mass is 479 g/mol. The van der Waals surface area contributed by atoms with Crippen molar-refractivity contribution < 1.29 is 13.9 Å². The van der Waals surface area contributed by atoms with Crippen LogP contribution in [-0.4, -0.2) is 59.7 Å². The molecule has 34 heavy (non-hydrogen) atoms. The van der Waals surface area contributed by atoms with Gasteiger partial charge in [-0.2, -0.15) is 0 Å². The van der Waals surface area contributed by atoms with Gasteiger partial charge in [-0.15, -0.1) is 11.3 Å². The number of nitrogens with two attached hydrogens (primary N) is 1. The van der Waals surface area contributed by atoms with Crippen molar-refractivity contribution in [3.8, 4) is 5.75 Å². The van der Waals surface area contributed by atoms with Gasteiger partial charge in [-0.25, -0.2) is 19.3 Å². The Kier molecular flexibility index (Phi) is 6.64. The SMILES string of the molecule is CN=C/C(=C\N)c1cc(OCC(=O)N(C)C)c2c(Nc3ccc4ncsc4c3F)ncnc2c1. The number of hydrogen-bond acceptors (Lipinski definition) is 9. The number of nitrogens with zero attached hydrogens (tertiary/aromatic N) is 5. The Morgan fingerprint density at radius 1 is 1.26 bits per heavy atom. The molecule has 4 rings (SSSR count). The molecule has 1 amide bonds. The van der Waals surface area contributed by atoms with Crippen molar-refractivity contribution in [1.82, 2.24) is 19.9 Å². The number of allylic oxidation sites excluding steroid dienone is 1. The molecule has 0 unspecified atom stereocenters. The van der Waals surface area contributed by atoms with Gasteiger partial charge >= 0.3 is 0 Å². The standard InChI is InChI=1S/C23H22FN7O2S/c1-26-9-14(8-25)13-6-17-20(18(7-13)33-10-19(32)31(2)3)23(28-11-27-17)30-15-4-5-16-22(21(15)24)34-12-29-16/h4-9,11-12H,10,25H2,1-3H3,(H,27,28,30)/b14-8+,26-9?. The molecule has 2 aromatic heterocycles. The van der Waals surface area contributed by atoms with Crippen molar-refractivity contribution in [1.29, 1.82) is 0 Å². The summed E-state index contributed by atoms with van der Waals surface area (Å²) in [6, 6.07) is 6.85. The highest BCUT2D eigenvalue weighted by molar-refractivity contribution is 7.16. The van der Waals surface area contributed by atoms with Gasteiger partial charge < -0.3 is 20.7 Å². The molecule has 0 aliphatic heterocycles. The molecule has 3 N–H and O–H groups in total. The first kappa shape index (κ1) is 23.1. The number of carbonyl (C=O) groups is 1. The Labute approximate surface area is 198 Å². The number of amides is 1. The van der Waals surface area contributed by atoms with Crippen LogP contribution in [0.25, 0.3) is 26.7 Å². The van der Waals surface area contributed by atoms with Gasteiger partial charge in [0.25, 0.3) is 5.91 Å². The highest BCUT2D eigenvalue weighted by atomic mass is 32.1. The lowest BCUT2D eigenvalue weighted by atomic mass is 10.0. The third kappa shape index (κ3) is 4.50. The van der Waals surface area contributed by atoms with E-state index in [0.29, 0.717) is 43.8 Å². The number of thiazole rings is 1. The van der Waals surface area contributed by atoms with Crippen LogP contribution in [0.5, 0.6) is 5.75 Å². The zero-order valence-corrected chi connectivity index (χ0v) is 19.6. The van der Waals surface area contributed by atoms with Gasteiger partial charge in [-0.3, -0.25) is 9.79 Å². The van der Waals surface area contributed by atoms with Crippen LogP contribution in [-0.2, 0) is 4.79 Å². The molecule has 0 bridgehead atoms. The van der Waals surface area contributed by atoms with E-state index in [0.717, 1.165) is 0 Å². The Morgan fingerprint density at radius 2 is 2.09 bits per heavy atom. The minimum absolute atomic E-state index is 0.204. The molecule has 4 aromatic rings. The minimum atomic E-state index is -0.429. The third-order valence-electron chi connectivity index (χ3n) is 5.02. The molecule has 2 heterocycles. The lowest BCUT2D eigenvalue weighted by Crippen LogP contribution is -2.27. The highest BCUT2D eigenvalue weighted by Gasteiger charge is 2.18. The van der Waals surface area contributed by atoms with Gasteiger partial charge in [-0.1, -0.05) is 0 Å². The van der Waals surface area contributed by atoms with E-state index in [1.807, 2.05) is 0 Å². The van der Waals surface area contributed by atoms with Crippen molar-refractivity contribution in [2.45, 2.75) is 0 Å². The van der Waals surface area contributed by atoms with E-state index in [-0.39, 0.29) is 18.2 Å². The fourth-order valence-corrected chi connectivity index (χ4v) is 4.00. The summed E-state index contributed by atoms with van der Waals surface area (Å²) in [5.41, 5.74) is 10.0. The number of benzene rings is 2. The molecule has 0 spiro atoms. The molecule has 0 atom stereocenters. The molecule has 2 aromatic carbocycles. The van der Waals surface area contributed by atoms with Crippen molar-refractivity contribution in [2.75, 3.05) is 33.1 Å². The third-order valence-corrected chi connectivity index (χ3v) is 5.86. The van der Waals surface area contributed by atoms with Crippen LogP contribution < -0.4 is 15.8 Å². The van der Waals surface area contributed by atoms with Crippen LogP contribution in [0, 0.1) is 5.82 Å². The van der Waals surface area contributed by atoms with Crippen LogP contribution in [0.2, 0.25) is 0 Å². The maximum absolute atomic E-state index is 15.1. The summed E-state index contributed by atoms with van der Waals surface area (Å²) in [7, 11) is 4.92. The fraction of sp³-hybridized carbons (Fsp3) is 0.174. The average molecular weight is 480 g/mol. The normalized spacial score (nSPS) is 11.9. The van der Waals surface area contributed by atoms with E-state index in [2.05, 4.69) is 25.3 Å². The van der Waals surface area contributed by atoms with Crippen LogP contribution in [0.3, 0.4) is 0 Å². The van der Waals surface area contributed by atoms with Gasteiger partial charge in [0.1, 0.15) is 17.9 Å². The lowest BCUT2D eigenvalue weighted by Gasteiger charge is -2.16. The maximum Gasteiger partial charge on any atom is 0.259 e. The molecule has 0 saturated carbocycles. The summed E-state index contributed by atoms with van der Waals surface area (Å²) in [6.07, 6.45) is 4.39. The Bertz CT molecular complexity index is 1430. The topological polar surface area (TPSA) is 119 Å². The van der Waals surface area contributed by atoms with E-state index in [1.54, 1.807) is 57.1 Å². The van der Waals surface area contributed by atoms with Crippen molar-refractivity contribution in [2.24, 2.45) is 10.7 Å². The summed E-state index contributed by atoms with van der Waals surface area (Å²) in [5, 5.41) is 3.54. The number of nitrogens with one attached hydrogen (secondary N) is 1. The number of aromatic nitrogens is 3. The second-order valence-electron chi connectivity index (χ2n) is 7.43. The van der Waals surface area contributed by atoms with Crippen LogP contribution in [0.4, 0.5) is 15.9 Å². The summed E-state index contributed by atoms with van der Waals surface area (Å²) in [6.45, 7) is -0.204. The number of rotatable bonds is 7. The number of halogens is 1. The van der Waals surface area contributed by atoms with Gasteiger partial charge in [0.2, 0.25) is 0 Å². The molecule has 11 heteroatoms. The Hall–Kier alpha value is -4.12. The number of ether oxygens (including phenoxy) is 1. The number of likely N-dealkylation sites (N-methyl/N-ethyl adjacent to an activating group) is 1. The number of aliphatic imine (C=N–C) groups is 1. The first-order valence-corrected chi connectivity index (χ1v) is 11.1. The minimum Gasteiger partial charge on any atom is -0.483 e. The van der Waals surface area contributed by atoms with Gasteiger partial charge in [0.05, 0.1) is 32.3 Å². The fourth-order valence-electron chi connectivity index (χ4n) is 3.27. The maximum atomic E-state index is 15.1. The lowest BCUT2D eigenvalue weighted by molar-refractivity contribution is -0.130. The number of hydrogen-bond donors (Lipinski definition) is 2. The number of carbonyl (C=O) groups excluding carboxylic acids is 1. The number of anilines is 2. The molecule has 0 aliphatic rings. The summed E-state index contributed by atoms with van der Waals surface area (Å²) in [4.78, 5) is 30.5. The summed E-state index contributed by atoms with van der Waals surface area (Å²) < 4.78 is 21.4. The largest absolute Gasteiger partial charge is 0.483 e. The molecule has 174 valence electrons. The number of fused-ring (bicyclic) bond motifs is 2. The predicted octanol–water partition coefficient (Wildman–Crippen LogP) is 3.59. The van der Waals surface area contributed by atoms with Crippen LogP contribution in [0.15, 0.2) is 47.3 Å². The van der Waals surface area contributed by atoms with E-state index < -0.39 is 5.82 Å². The van der Waals surface area contributed by atoms with E-state index >= 15 is 4.39 Å². The summed E-state index contributed by atoms with van der Waals surface area (Å²) >= 11 is 1.22. The Morgan fingerprint density at radius 3 is 2.82 bits per heavy atom. The highest BCUT2D eigenvalue weighted by Crippen LogP contribution is 2.36. The van der Waals surface area contributed by atoms with Crippen LogP contribution >= 0.6 is 11.3 Å². The predicted molar refractivity (Wildman–Crippen MR) is 133 cm³/mol. The van der Waals surface area contributed by atoms with Crippen LogP contribution in [0.1, 0.15) is 5.56 Å². The molecule has 9 nitrogen and oxygen atoms in total. The quantitative estimate of drug-likeness (QED) is 0.389. The van der Waals surface area contributed by atoms with Gasteiger partial charge in [0.15, 0.2) is 12.4 Å². The van der Waals surface area contributed by atoms with E-state index in [9.17, 15) is 4.79 Å².